The molecule has 11 heteroatoms. The molecule has 1 aromatic carbocycles. The van der Waals surface area contributed by atoms with Crippen molar-refractivity contribution in [1.82, 2.24) is 24.5 Å². The summed E-state index contributed by atoms with van der Waals surface area (Å²) in [6, 6.07) is 5.14. The van der Waals surface area contributed by atoms with Gasteiger partial charge >= 0.3 is 0 Å². The van der Waals surface area contributed by atoms with Crippen LogP contribution in [0.1, 0.15) is 31.7 Å². The fourth-order valence-corrected chi connectivity index (χ4v) is 5.04. The molecule has 0 atom stereocenters. The predicted molar refractivity (Wildman–Crippen MR) is 116 cm³/mol. The van der Waals surface area contributed by atoms with Crippen LogP contribution in [0.25, 0.3) is 21.4 Å². The molecule has 154 valence electrons. The quantitative estimate of drug-likeness (QED) is 0.411. The molecular formula is C19H18ClN7O2S. The van der Waals surface area contributed by atoms with E-state index >= 15 is 0 Å². The Kier molecular flexibility index (Phi) is 4.67. The van der Waals surface area contributed by atoms with Gasteiger partial charge in [0.05, 0.1) is 16.5 Å². The van der Waals surface area contributed by atoms with Gasteiger partial charge in [-0.2, -0.15) is 9.97 Å². The molecule has 3 heterocycles. The van der Waals surface area contributed by atoms with E-state index in [1.807, 2.05) is 4.57 Å². The highest BCUT2D eigenvalue weighted by molar-refractivity contribution is 7.22. The molecule has 0 saturated heterocycles. The Balaban J connectivity index is 1.27. The van der Waals surface area contributed by atoms with Crippen LogP contribution in [0.3, 0.4) is 0 Å². The molecule has 0 aliphatic heterocycles. The summed E-state index contributed by atoms with van der Waals surface area (Å²) >= 11 is 7.31. The summed E-state index contributed by atoms with van der Waals surface area (Å²) in [5, 5.41) is 13.2. The zero-order valence-electron chi connectivity index (χ0n) is 15.7. The van der Waals surface area contributed by atoms with E-state index in [-0.39, 0.29) is 34.7 Å². The highest BCUT2D eigenvalue weighted by Gasteiger charge is 2.29. The summed E-state index contributed by atoms with van der Waals surface area (Å²) in [4.78, 5) is 29.7. The van der Waals surface area contributed by atoms with Crippen LogP contribution in [0.5, 0.6) is 5.75 Å². The molecular weight excluding hydrogens is 426 g/mol. The summed E-state index contributed by atoms with van der Waals surface area (Å²) < 4.78 is 2.81. The van der Waals surface area contributed by atoms with E-state index in [1.54, 1.807) is 24.5 Å². The molecule has 0 bridgehead atoms. The molecule has 3 aromatic heterocycles. The Morgan fingerprint density at radius 1 is 1.23 bits per heavy atom. The molecule has 9 nitrogen and oxygen atoms in total. The van der Waals surface area contributed by atoms with Crippen LogP contribution in [0, 0.1) is 5.92 Å². The monoisotopic (exact) mass is 443 g/mol. The number of aromatic nitrogens is 5. The molecule has 1 aliphatic rings. The van der Waals surface area contributed by atoms with Crippen LogP contribution < -0.4 is 11.1 Å². The van der Waals surface area contributed by atoms with Gasteiger partial charge < -0.3 is 20.7 Å². The third kappa shape index (κ3) is 3.41. The van der Waals surface area contributed by atoms with E-state index in [2.05, 4.69) is 25.3 Å². The first-order valence-corrected chi connectivity index (χ1v) is 10.7. The molecule has 0 radical (unpaired) electrons. The van der Waals surface area contributed by atoms with Crippen molar-refractivity contribution in [3.8, 4) is 5.75 Å². The van der Waals surface area contributed by atoms with Gasteiger partial charge in [-0.05, 0) is 55.5 Å². The number of anilines is 2. The Labute approximate surface area is 179 Å². The van der Waals surface area contributed by atoms with Gasteiger partial charge in [-0.25, -0.2) is 9.97 Å². The van der Waals surface area contributed by atoms with Crippen LogP contribution in [-0.4, -0.2) is 35.5 Å². The van der Waals surface area contributed by atoms with Crippen molar-refractivity contribution in [3.05, 3.63) is 29.8 Å². The number of halogens is 1. The number of phenolic OH excluding ortho intramolecular Hbond substituents is 1. The molecule has 1 fully saturated rings. The standard InChI is InChI=1S/C19H18ClN7O2S/c20-18-24-15(21)14-16(25-18)27(8-22-14)10-3-1-9(2-4-10)17(29)26-19-23-12-6-5-11(28)7-13(12)30-19/h5-10,28H,1-4H2,(H2,21,24,25)(H,23,26,29)/t9-,10+. The summed E-state index contributed by atoms with van der Waals surface area (Å²) in [7, 11) is 0. The Morgan fingerprint density at radius 2 is 2.03 bits per heavy atom. The van der Waals surface area contributed by atoms with Crippen LogP contribution in [0.4, 0.5) is 10.9 Å². The number of benzene rings is 1. The number of carbonyl (C=O) groups is 1. The molecule has 30 heavy (non-hydrogen) atoms. The van der Waals surface area contributed by atoms with Crippen molar-refractivity contribution in [3.63, 3.8) is 0 Å². The largest absolute Gasteiger partial charge is 0.508 e. The molecule has 4 aromatic rings. The van der Waals surface area contributed by atoms with Gasteiger partial charge in [0.2, 0.25) is 11.2 Å². The molecule has 1 saturated carbocycles. The topological polar surface area (TPSA) is 132 Å². The third-order valence-corrected chi connectivity index (χ3v) is 6.59. The number of nitrogens with zero attached hydrogens (tertiary/aromatic N) is 5. The van der Waals surface area contributed by atoms with Gasteiger partial charge in [-0.3, -0.25) is 4.79 Å². The van der Waals surface area contributed by atoms with Crippen LogP contribution >= 0.6 is 22.9 Å². The second-order valence-corrected chi connectivity index (χ2v) is 8.74. The lowest BCUT2D eigenvalue weighted by atomic mass is 9.85. The maximum absolute atomic E-state index is 12.7. The number of aromatic hydroxyl groups is 1. The highest BCUT2D eigenvalue weighted by Crippen LogP contribution is 2.36. The Morgan fingerprint density at radius 3 is 2.83 bits per heavy atom. The maximum Gasteiger partial charge on any atom is 0.229 e. The van der Waals surface area contributed by atoms with Crippen molar-refractivity contribution in [2.45, 2.75) is 31.7 Å². The molecule has 4 N–H and O–H groups in total. The number of nitrogens with two attached hydrogens (primary N) is 1. The van der Waals surface area contributed by atoms with E-state index in [0.29, 0.717) is 16.3 Å². The minimum atomic E-state index is -0.0836. The zero-order chi connectivity index (χ0) is 20.8. The van der Waals surface area contributed by atoms with Crippen LogP contribution in [-0.2, 0) is 4.79 Å². The van der Waals surface area contributed by atoms with E-state index < -0.39 is 0 Å². The summed E-state index contributed by atoms with van der Waals surface area (Å²) in [5.41, 5.74) is 7.81. The number of hydrogen-bond donors (Lipinski definition) is 3. The molecule has 5 rings (SSSR count). The number of hydrogen-bond acceptors (Lipinski definition) is 8. The van der Waals surface area contributed by atoms with E-state index in [1.165, 1.54) is 11.3 Å². The molecule has 1 amide bonds. The first-order valence-electron chi connectivity index (χ1n) is 9.54. The zero-order valence-corrected chi connectivity index (χ0v) is 17.3. The van der Waals surface area contributed by atoms with E-state index in [9.17, 15) is 9.90 Å². The van der Waals surface area contributed by atoms with Crippen molar-refractivity contribution in [2.75, 3.05) is 11.1 Å². The van der Waals surface area contributed by atoms with Crippen molar-refractivity contribution >= 4 is 61.2 Å². The first-order chi connectivity index (χ1) is 14.5. The van der Waals surface area contributed by atoms with Crippen molar-refractivity contribution in [2.24, 2.45) is 5.92 Å². The predicted octanol–water partition coefficient (Wildman–Crippen LogP) is 3.75. The van der Waals surface area contributed by atoms with Gasteiger partial charge in [-0.1, -0.05) is 11.3 Å². The fourth-order valence-electron chi connectivity index (χ4n) is 3.97. The first kappa shape index (κ1) is 19.0. The average Bonchev–Trinajstić information content (AvgIpc) is 3.31. The lowest BCUT2D eigenvalue weighted by Crippen LogP contribution is -2.28. The van der Waals surface area contributed by atoms with Crippen LogP contribution in [0.15, 0.2) is 24.5 Å². The number of imidazole rings is 1. The number of rotatable bonds is 3. The Bertz CT molecular complexity index is 1260. The van der Waals surface area contributed by atoms with E-state index in [0.717, 1.165) is 35.9 Å². The summed E-state index contributed by atoms with van der Waals surface area (Å²) in [5.74, 6) is 0.338. The summed E-state index contributed by atoms with van der Waals surface area (Å²) in [6.07, 6.45) is 4.84. The van der Waals surface area contributed by atoms with Gasteiger partial charge in [0.15, 0.2) is 16.6 Å². The fraction of sp³-hybridized carbons (Fsp3) is 0.316. The van der Waals surface area contributed by atoms with Gasteiger partial charge in [0.25, 0.3) is 0 Å². The second kappa shape index (κ2) is 7.37. The van der Waals surface area contributed by atoms with Gasteiger partial charge in [0.1, 0.15) is 11.3 Å². The maximum atomic E-state index is 12.7. The molecule has 0 unspecified atom stereocenters. The normalized spacial score (nSPS) is 19.4. The van der Waals surface area contributed by atoms with Crippen LogP contribution in [0.2, 0.25) is 5.28 Å². The van der Waals surface area contributed by atoms with Gasteiger partial charge in [0, 0.05) is 12.0 Å². The van der Waals surface area contributed by atoms with Crippen molar-refractivity contribution < 1.29 is 9.90 Å². The Hall–Kier alpha value is -2.98. The highest BCUT2D eigenvalue weighted by atomic mass is 35.5. The number of phenols is 1. The lowest BCUT2D eigenvalue weighted by molar-refractivity contribution is -0.120. The number of carbonyl (C=O) groups excluding carboxylic acids is 1. The van der Waals surface area contributed by atoms with Gasteiger partial charge in [-0.15, -0.1) is 0 Å². The lowest BCUT2D eigenvalue weighted by Gasteiger charge is -2.28. The molecule has 1 aliphatic carbocycles. The van der Waals surface area contributed by atoms with Crippen molar-refractivity contribution in [1.29, 1.82) is 0 Å². The number of thiazole rings is 1. The number of nitrogen functional groups attached to an aromatic ring is 1. The summed E-state index contributed by atoms with van der Waals surface area (Å²) in [6.45, 7) is 0. The average molecular weight is 444 g/mol. The number of nitrogens with one attached hydrogen (secondary N) is 1. The smallest absolute Gasteiger partial charge is 0.229 e. The number of amides is 1. The minimum absolute atomic E-state index is 0.0261. The third-order valence-electron chi connectivity index (χ3n) is 5.48. The number of fused-ring (bicyclic) bond motifs is 2. The van der Waals surface area contributed by atoms with E-state index in [4.69, 9.17) is 17.3 Å². The second-order valence-electron chi connectivity index (χ2n) is 7.37. The minimum Gasteiger partial charge on any atom is -0.508 e. The molecule has 0 spiro atoms. The SMILES string of the molecule is Nc1nc(Cl)nc2c1ncn2[C@H]1CC[C@@H](C(=O)Nc2nc3ccc(O)cc3s2)CC1.